The van der Waals surface area contributed by atoms with E-state index in [4.69, 9.17) is 16.3 Å². The van der Waals surface area contributed by atoms with Gasteiger partial charge < -0.3 is 19.9 Å². The molecular weight excluding hydrogens is 528 g/mol. The summed E-state index contributed by atoms with van der Waals surface area (Å²) in [5.74, 6) is 0. The zero-order valence-corrected chi connectivity index (χ0v) is 23.5. The van der Waals surface area contributed by atoms with E-state index in [1.807, 2.05) is 43.1 Å². The maximum Gasteiger partial charge on any atom is 0.318 e. The summed E-state index contributed by atoms with van der Waals surface area (Å²) in [6.45, 7) is 12.0. The highest BCUT2D eigenvalue weighted by atomic mass is 35.5. The first-order valence-corrected chi connectivity index (χ1v) is 13.4. The Morgan fingerprint density at radius 1 is 1.36 bits per heavy atom. The fourth-order valence-electron chi connectivity index (χ4n) is 4.61. The number of hydrazine groups is 1. The average Bonchev–Trinajstić information content (AvgIpc) is 3.37. The van der Waals surface area contributed by atoms with Crippen LogP contribution in [0.5, 0.6) is 0 Å². The van der Waals surface area contributed by atoms with Crippen LogP contribution in [0, 0.1) is 0 Å². The molecule has 0 aliphatic carbocycles. The molecule has 1 aromatic heterocycles. The van der Waals surface area contributed by atoms with E-state index in [0.29, 0.717) is 36.7 Å². The van der Waals surface area contributed by atoms with E-state index in [-0.39, 0.29) is 31.3 Å². The van der Waals surface area contributed by atoms with Crippen LogP contribution in [0.25, 0.3) is 5.70 Å². The molecule has 2 amide bonds. The first-order chi connectivity index (χ1) is 18.7. The average molecular weight is 566 g/mol. The number of urea groups is 1. The first-order valence-electron chi connectivity index (χ1n) is 13.1. The van der Waals surface area contributed by atoms with Crippen molar-refractivity contribution in [1.29, 1.82) is 0 Å². The van der Waals surface area contributed by atoms with Gasteiger partial charge in [-0.05, 0) is 39.2 Å². The van der Waals surface area contributed by atoms with Crippen molar-refractivity contribution in [3.63, 3.8) is 0 Å². The van der Waals surface area contributed by atoms with Crippen molar-refractivity contribution < 1.29 is 18.3 Å². The van der Waals surface area contributed by atoms with Crippen molar-refractivity contribution in [3.8, 4) is 0 Å². The van der Waals surface area contributed by atoms with E-state index in [9.17, 15) is 13.6 Å². The molecule has 0 saturated carbocycles. The highest BCUT2D eigenvalue weighted by molar-refractivity contribution is 6.32. The normalized spacial score (nSPS) is 19.7. The van der Waals surface area contributed by atoms with Crippen molar-refractivity contribution in [3.05, 3.63) is 60.1 Å². The summed E-state index contributed by atoms with van der Waals surface area (Å²) < 4.78 is 31.7. The molecule has 3 rings (SSSR count). The third-order valence-corrected chi connectivity index (χ3v) is 7.07. The van der Waals surface area contributed by atoms with Crippen LogP contribution >= 0.6 is 11.6 Å². The summed E-state index contributed by atoms with van der Waals surface area (Å²) in [6.07, 6.45) is 6.43. The minimum absolute atomic E-state index is 0.163. The third-order valence-electron chi connectivity index (χ3n) is 6.77. The van der Waals surface area contributed by atoms with Gasteiger partial charge in [-0.15, -0.1) is 13.2 Å². The molecular formula is C27H38ClF2N7O2. The summed E-state index contributed by atoms with van der Waals surface area (Å²) >= 11 is 6.64. The van der Waals surface area contributed by atoms with E-state index < -0.39 is 18.5 Å². The number of carbonyl (C=O) groups is 1. The van der Waals surface area contributed by atoms with Crippen LogP contribution in [0.2, 0.25) is 5.02 Å². The summed E-state index contributed by atoms with van der Waals surface area (Å²) in [6, 6.07) is 0.665. The summed E-state index contributed by atoms with van der Waals surface area (Å²) in [7, 11) is 1.92. The number of hydrogen-bond donors (Lipinski definition) is 2. The van der Waals surface area contributed by atoms with Crippen LogP contribution in [-0.4, -0.2) is 77.2 Å². The van der Waals surface area contributed by atoms with Crippen molar-refractivity contribution in [2.24, 2.45) is 4.99 Å². The van der Waals surface area contributed by atoms with Gasteiger partial charge in [-0.2, -0.15) is 0 Å². The van der Waals surface area contributed by atoms with Crippen LogP contribution < -0.4 is 10.7 Å². The predicted molar refractivity (Wildman–Crippen MR) is 150 cm³/mol. The Labute approximate surface area is 234 Å². The Kier molecular flexibility index (Phi) is 11.1. The number of aliphatic imine (C=N–C) groups is 1. The van der Waals surface area contributed by atoms with E-state index >= 15 is 0 Å². The van der Waals surface area contributed by atoms with Crippen molar-refractivity contribution in [1.82, 2.24) is 30.5 Å². The van der Waals surface area contributed by atoms with E-state index in [0.717, 1.165) is 11.3 Å². The van der Waals surface area contributed by atoms with Crippen LogP contribution in [0.3, 0.4) is 0 Å². The van der Waals surface area contributed by atoms with Gasteiger partial charge in [-0.1, -0.05) is 23.8 Å². The standard InChI is InChI=1S/C27H38ClF2N7O2/c1-6-9-13-39-26-25-32-17-33-37(25)16-23(35(26)5)20-14-22(31-15-21(20)28)18(4)36(8-3)27(38)34-19(10-7-2)11-12-24(29)30/h6-7,14-19,24-26H,1-2,8-13H2,3-5H3,(H,32,33)(H,34,38). The van der Waals surface area contributed by atoms with Gasteiger partial charge in [0.15, 0.2) is 12.4 Å². The van der Waals surface area contributed by atoms with Crippen LogP contribution in [0.15, 0.2) is 48.8 Å². The predicted octanol–water partition coefficient (Wildman–Crippen LogP) is 5.15. The van der Waals surface area contributed by atoms with Gasteiger partial charge in [0.2, 0.25) is 6.43 Å². The first kappa shape index (κ1) is 30.4. The zero-order chi connectivity index (χ0) is 28.5. The molecule has 0 bridgehead atoms. The monoisotopic (exact) mass is 565 g/mol. The maximum atomic E-state index is 13.2. The lowest BCUT2D eigenvalue weighted by atomic mass is 10.1. The Morgan fingerprint density at radius 2 is 2.13 bits per heavy atom. The van der Waals surface area contributed by atoms with Gasteiger partial charge in [0.25, 0.3) is 0 Å². The van der Waals surface area contributed by atoms with E-state index in [2.05, 4.69) is 33.9 Å². The lowest BCUT2D eigenvalue weighted by Crippen LogP contribution is -2.53. The number of carbonyl (C=O) groups excluding carboxylic acids is 1. The Morgan fingerprint density at radius 3 is 2.79 bits per heavy atom. The quantitative estimate of drug-likeness (QED) is 0.240. The van der Waals surface area contributed by atoms with Gasteiger partial charge in [-0.25, -0.2) is 18.6 Å². The fourth-order valence-corrected chi connectivity index (χ4v) is 4.81. The second kappa shape index (κ2) is 14.3. The molecule has 12 heteroatoms. The summed E-state index contributed by atoms with van der Waals surface area (Å²) in [4.78, 5) is 25.8. The number of rotatable bonds is 14. The van der Waals surface area contributed by atoms with Crippen LogP contribution in [-0.2, 0) is 4.74 Å². The number of ether oxygens (including phenoxy) is 1. The van der Waals surface area contributed by atoms with E-state index in [1.165, 1.54) is 0 Å². The summed E-state index contributed by atoms with van der Waals surface area (Å²) in [5, 5.41) is 5.19. The molecule has 4 unspecified atom stereocenters. The zero-order valence-electron chi connectivity index (χ0n) is 22.7. The minimum Gasteiger partial charge on any atom is -0.354 e. The van der Waals surface area contributed by atoms with Gasteiger partial charge in [0.1, 0.15) is 6.34 Å². The number of hydrogen-bond acceptors (Lipinski definition) is 7. The summed E-state index contributed by atoms with van der Waals surface area (Å²) in [5.41, 5.74) is 5.25. The second-order valence-electron chi connectivity index (χ2n) is 9.38. The molecule has 0 radical (unpaired) electrons. The molecule has 0 fully saturated rings. The molecule has 4 atom stereocenters. The number of aromatic nitrogens is 1. The molecule has 2 aliphatic rings. The van der Waals surface area contributed by atoms with Gasteiger partial charge in [-0.3, -0.25) is 15.4 Å². The number of amides is 2. The number of fused-ring (bicyclic) bond motifs is 1. The highest BCUT2D eigenvalue weighted by Crippen LogP contribution is 2.35. The fraction of sp³-hybridized carbons (Fsp3) is 0.519. The number of alkyl halides is 2. The van der Waals surface area contributed by atoms with Crippen molar-refractivity contribution in [2.45, 2.75) is 70.4 Å². The molecule has 3 heterocycles. The number of pyridine rings is 1. The Balaban J connectivity index is 1.84. The Bertz CT molecular complexity index is 1070. The van der Waals surface area contributed by atoms with Crippen molar-refractivity contribution in [2.75, 3.05) is 20.2 Å². The second-order valence-corrected chi connectivity index (χ2v) is 9.79. The number of nitrogens with one attached hydrogen (secondary N) is 2. The molecule has 1 aromatic rings. The highest BCUT2D eigenvalue weighted by Gasteiger charge is 2.38. The van der Waals surface area contributed by atoms with Gasteiger partial charge in [0.05, 0.1) is 29.1 Å². The smallest absolute Gasteiger partial charge is 0.318 e. The third kappa shape index (κ3) is 7.48. The molecule has 2 aliphatic heterocycles. The molecule has 2 N–H and O–H groups in total. The van der Waals surface area contributed by atoms with Gasteiger partial charge in [0, 0.05) is 44.0 Å². The number of nitrogens with zero attached hydrogens (tertiary/aromatic N) is 5. The van der Waals surface area contributed by atoms with Crippen molar-refractivity contribution >= 4 is 29.7 Å². The molecule has 39 heavy (non-hydrogen) atoms. The SMILES string of the molecule is C=CCCOC1C2N=CNN2C=C(c2cc(C(C)N(CC)C(=O)NC(CC=C)CCC(F)F)ncc2Cl)N1C. The molecule has 0 saturated heterocycles. The topological polar surface area (TPSA) is 85.3 Å². The lowest BCUT2D eigenvalue weighted by Gasteiger charge is -2.42. The van der Waals surface area contributed by atoms with E-state index in [1.54, 1.807) is 29.6 Å². The maximum absolute atomic E-state index is 13.2. The number of halogens is 3. The van der Waals surface area contributed by atoms with Crippen LogP contribution in [0.4, 0.5) is 13.6 Å². The lowest BCUT2D eigenvalue weighted by molar-refractivity contribution is -0.0729. The number of likely N-dealkylation sites (N-methyl/N-ethyl adjacent to an activating group) is 1. The molecule has 214 valence electrons. The van der Waals surface area contributed by atoms with Gasteiger partial charge >= 0.3 is 6.03 Å². The largest absolute Gasteiger partial charge is 0.354 e. The van der Waals surface area contributed by atoms with Crippen LogP contribution in [0.1, 0.15) is 56.8 Å². The molecule has 0 aromatic carbocycles. The molecule has 9 nitrogen and oxygen atoms in total. The minimum atomic E-state index is -2.43. The molecule has 0 spiro atoms. The Hall–Kier alpha value is -3.18.